The van der Waals surface area contributed by atoms with Gasteiger partial charge in [-0.05, 0) is 22.8 Å². The highest BCUT2D eigenvalue weighted by atomic mass is 15.3. The summed E-state index contributed by atoms with van der Waals surface area (Å²) in [7, 11) is 0. The van der Waals surface area contributed by atoms with E-state index in [0.717, 1.165) is 22.3 Å². The molecule has 0 aliphatic heterocycles. The normalized spacial score (nSPS) is 11.0. The van der Waals surface area contributed by atoms with Crippen LogP contribution < -0.4 is 11.5 Å². The highest BCUT2D eigenvalue weighted by Crippen LogP contribution is 2.37. The lowest BCUT2D eigenvalue weighted by Crippen LogP contribution is -2.03. The molecule has 23 heavy (non-hydrogen) atoms. The van der Waals surface area contributed by atoms with Crippen molar-refractivity contribution in [2.45, 2.75) is 0 Å². The maximum Gasteiger partial charge on any atom is 0.240 e. The van der Waals surface area contributed by atoms with Crippen LogP contribution in [0.3, 0.4) is 0 Å². The number of hydrogen-bond donors (Lipinski definition) is 2. The van der Waals surface area contributed by atoms with Crippen LogP contribution in [0.2, 0.25) is 0 Å². The van der Waals surface area contributed by atoms with Crippen LogP contribution in [-0.4, -0.2) is 14.6 Å². The number of nitrogens with two attached hydrogens (primary N) is 2. The number of aromatic nitrogens is 3. The molecule has 2 aromatic heterocycles. The largest absolute Gasteiger partial charge is 0.383 e. The zero-order valence-electron chi connectivity index (χ0n) is 12.3. The van der Waals surface area contributed by atoms with Crippen LogP contribution in [0.5, 0.6) is 0 Å². The van der Waals surface area contributed by atoms with Crippen LogP contribution in [0, 0.1) is 0 Å². The number of rotatable bonds is 2. The molecule has 112 valence electrons. The van der Waals surface area contributed by atoms with Crippen molar-refractivity contribution >= 4 is 17.4 Å². The molecule has 5 heteroatoms. The molecule has 0 amide bonds. The van der Waals surface area contributed by atoms with E-state index in [1.165, 1.54) is 0 Å². The Morgan fingerprint density at radius 2 is 1.39 bits per heavy atom. The first kappa shape index (κ1) is 13.3. The fourth-order valence-corrected chi connectivity index (χ4v) is 2.81. The second-order valence-electron chi connectivity index (χ2n) is 5.29. The highest BCUT2D eigenvalue weighted by Gasteiger charge is 2.16. The van der Waals surface area contributed by atoms with Gasteiger partial charge in [0.1, 0.15) is 5.82 Å². The molecule has 4 rings (SSSR count). The summed E-state index contributed by atoms with van der Waals surface area (Å²) >= 11 is 0. The van der Waals surface area contributed by atoms with Gasteiger partial charge in [0.15, 0.2) is 5.65 Å². The molecule has 0 fully saturated rings. The molecule has 5 nitrogen and oxygen atoms in total. The van der Waals surface area contributed by atoms with Crippen LogP contribution in [0.4, 0.5) is 11.8 Å². The Labute approximate surface area is 133 Å². The lowest BCUT2D eigenvalue weighted by atomic mass is 9.95. The average molecular weight is 301 g/mol. The van der Waals surface area contributed by atoms with E-state index in [2.05, 4.69) is 22.2 Å². The summed E-state index contributed by atoms with van der Waals surface area (Å²) in [4.78, 5) is 4.24. The quantitative estimate of drug-likeness (QED) is 0.595. The van der Waals surface area contributed by atoms with Gasteiger partial charge >= 0.3 is 0 Å². The number of nitrogens with zero attached hydrogens (tertiary/aromatic N) is 3. The second kappa shape index (κ2) is 5.14. The van der Waals surface area contributed by atoms with Crippen LogP contribution in [0.1, 0.15) is 0 Å². The van der Waals surface area contributed by atoms with Gasteiger partial charge in [0.2, 0.25) is 5.95 Å². The Morgan fingerprint density at radius 1 is 0.783 bits per heavy atom. The molecule has 4 N–H and O–H groups in total. The van der Waals surface area contributed by atoms with Crippen LogP contribution in [0.25, 0.3) is 27.9 Å². The van der Waals surface area contributed by atoms with Crippen molar-refractivity contribution in [2.75, 3.05) is 11.5 Å². The summed E-state index contributed by atoms with van der Waals surface area (Å²) < 4.78 is 1.59. The number of nitrogen functional groups attached to an aromatic ring is 2. The van der Waals surface area contributed by atoms with E-state index in [1.54, 1.807) is 4.52 Å². The van der Waals surface area contributed by atoms with Gasteiger partial charge in [0.25, 0.3) is 0 Å². The first-order valence-corrected chi connectivity index (χ1v) is 7.29. The fraction of sp³-hybridized carbons (Fsp3) is 0. The Kier molecular flexibility index (Phi) is 2.98. The zero-order valence-corrected chi connectivity index (χ0v) is 12.3. The maximum atomic E-state index is 6.41. The van der Waals surface area contributed by atoms with E-state index >= 15 is 0 Å². The number of hydrogen-bond acceptors (Lipinski definition) is 4. The summed E-state index contributed by atoms with van der Waals surface area (Å²) in [5, 5.41) is 4.19. The third-order valence-electron chi connectivity index (χ3n) is 3.82. The lowest BCUT2D eigenvalue weighted by molar-refractivity contribution is 0.982. The van der Waals surface area contributed by atoms with Crippen molar-refractivity contribution < 1.29 is 0 Å². The van der Waals surface area contributed by atoms with Gasteiger partial charge in [-0.1, -0.05) is 60.7 Å². The van der Waals surface area contributed by atoms with E-state index in [4.69, 9.17) is 11.5 Å². The summed E-state index contributed by atoms with van der Waals surface area (Å²) in [6, 6.07) is 22.1. The summed E-state index contributed by atoms with van der Waals surface area (Å²) in [6.07, 6.45) is 0. The van der Waals surface area contributed by atoms with Crippen molar-refractivity contribution in [1.29, 1.82) is 0 Å². The molecule has 0 aliphatic carbocycles. The lowest BCUT2D eigenvalue weighted by Gasteiger charge is -2.14. The minimum Gasteiger partial charge on any atom is -0.383 e. The molecule has 2 aromatic carbocycles. The van der Waals surface area contributed by atoms with Gasteiger partial charge in [-0.2, -0.15) is 9.50 Å². The van der Waals surface area contributed by atoms with Gasteiger partial charge < -0.3 is 11.5 Å². The van der Waals surface area contributed by atoms with Crippen LogP contribution in [0.15, 0.2) is 66.7 Å². The standard InChI is InChI=1S/C18H15N5/c19-17-16(13-9-5-2-6-10-13)14(12-7-3-1-4-8-12)11-15-21-18(20)22-23(15)17/h1-11H,19H2,(H2,20,22). The summed E-state index contributed by atoms with van der Waals surface area (Å²) in [5.41, 5.74) is 16.8. The van der Waals surface area contributed by atoms with E-state index < -0.39 is 0 Å². The molecule has 0 bridgehead atoms. The molecule has 0 aliphatic rings. The summed E-state index contributed by atoms with van der Waals surface area (Å²) in [6.45, 7) is 0. The predicted molar refractivity (Wildman–Crippen MR) is 92.7 cm³/mol. The minimum absolute atomic E-state index is 0.209. The number of anilines is 2. The second-order valence-corrected chi connectivity index (χ2v) is 5.29. The number of benzene rings is 2. The SMILES string of the molecule is Nc1nc2cc(-c3ccccc3)c(-c3ccccc3)c(N)n2n1. The molecule has 2 heterocycles. The molecule has 0 atom stereocenters. The molecule has 0 spiro atoms. The number of fused-ring (bicyclic) bond motifs is 1. The summed E-state index contributed by atoms with van der Waals surface area (Å²) in [5.74, 6) is 0.734. The smallest absolute Gasteiger partial charge is 0.240 e. The third-order valence-corrected chi connectivity index (χ3v) is 3.82. The molecule has 0 radical (unpaired) electrons. The van der Waals surface area contributed by atoms with Gasteiger partial charge in [-0.15, -0.1) is 5.10 Å². The maximum absolute atomic E-state index is 6.41. The average Bonchev–Trinajstić information content (AvgIpc) is 2.97. The fourth-order valence-electron chi connectivity index (χ4n) is 2.81. The molecule has 0 unspecified atom stereocenters. The Bertz CT molecular complexity index is 975. The van der Waals surface area contributed by atoms with Gasteiger partial charge in [0, 0.05) is 5.56 Å². The molecular weight excluding hydrogens is 286 g/mol. The van der Waals surface area contributed by atoms with E-state index in [9.17, 15) is 0 Å². The molecule has 4 aromatic rings. The highest BCUT2D eigenvalue weighted by molar-refractivity contribution is 5.92. The Balaban J connectivity index is 2.11. The van der Waals surface area contributed by atoms with E-state index in [-0.39, 0.29) is 5.95 Å². The first-order chi connectivity index (χ1) is 11.2. The first-order valence-electron chi connectivity index (χ1n) is 7.29. The van der Waals surface area contributed by atoms with Crippen molar-refractivity contribution in [3.05, 3.63) is 66.7 Å². The Morgan fingerprint density at radius 3 is 2.04 bits per heavy atom. The van der Waals surface area contributed by atoms with E-state index in [0.29, 0.717) is 11.5 Å². The van der Waals surface area contributed by atoms with E-state index in [1.807, 2.05) is 54.6 Å². The third kappa shape index (κ3) is 2.19. The van der Waals surface area contributed by atoms with Crippen molar-refractivity contribution in [2.24, 2.45) is 0 Å². The zero-order chi connectivity index (χ0) is 15.8. The van der Waals surface area contributed by atoms with Crippen molar-refractivity contribution in [1.82, 2.24) is 14.6 Å². The molecular formula is C18H15N5. The van der Waals surface area contributed by atoms with Crippen molar-refractivity contribution in [3.8, 4) is 22.3 Å². The molecule has 0 saturated carbocycles. The number of pyridine rings is 1. The van der Waals surface area contributed by atoms with Crippen LogP contribution in [-0.2, 0) is 0 Å². The van der Waals surface area contributed by atoms with Crippen LogP contribution >= 0.6 is 0 Å². The van der Waals surface area contributed by atoms with Gasteiger partial charge in [0.05, 0.1) is 0 Å². The van der Waals surface area contributed by atoms with Crippen molar-refractivity contribution in [3.63, 3.8) is 0 Å². The minimum atomic E-state index is 0.209. The predicted octanol–water partition coefficient (Wildman–Crippen LogP) is 3.23. The molecule has 0 saturated heterocycles. The van der Waals surface area contributed by atoms with Gasteiger partial charge in [-0.3, -0.25) is 0 Å². The topological polar surface area (TPSA) is 82.2 Å². The monoisotopic (exact) mass is 301 g/mol. The van der Waals surface area contributed by atoms with Gasteiger partial charge in [-0.25, -0.2) is 0 Å². The Hall–Kier alpha value is -3.34.